The summed E-state index contributed by atoms with van der Waals surface area (Å²) >= 11 is 0. The van der Waals surface area contributed by atoms with E-state index in [4.69, 9.17) is 28.4 Å². The molecule has 0 aromatic carbocycles. The van der Waals surface area contributed by atoms with E-state index >= 15 is 4.79 Å². The third-order valence-electron chi connectivity index (χ3n) is 27.4. The van der Waals surface area contributed by atoms with Gasteiger partial charge in [0.1, 0.15) is 41.1 Å². The zero-order chi connectivity index (χ0) is 85.1. The van der Waals surface area contributed by atoms with E-state index < -0.39 is 133 Å². The fraction of sp³-hybridized carbons (Fsp3) is 0.568. The van der Waals surface area contributed by atoms with Crippen molar-refractivity contribution in [3.05, 3.63) is 187 Å². The second kappa shape index (κ2) is 27.8. The lowest BCUT2D eigenvalue weighted by atomic mass is 9.62. The maximum Gasteiger partial charge on any atom is 0.305 e. The summed E-state index contributed by atoms with van der Waals surface area (Å²) in [5.74, 6) is -8.34. The normalized spacial score (nSPS) is 29.6. The molecule has 0 saturated carbocycles. The number of aliphatic hydroxyl groups is 4. The highest BCUT2D eigenvalue weighted by Gasteiger charge is 2.78. The number of esters is 4. The van der Waals surface area contributed by atoms with Gasteiger partial charge in [-0.1, -0.05) is 0 Å². The van der Waals surface area contributed by atoms with Crippen molar-refractivity contribution in [1.82, 2.24) is 50.5 Å². The van der Waals surface area contributed by atoms with Crippen LogP contribution in [0.25, 0.3) is 0 Å². The first kappa shape index (κ1) is 85.7. The highest BCUT2D eigenvalue weighted by atomic mass is 16.7. The van der Waals surface area contributed by atoms with Crippen LogP contribution in [0.5, 0.6) is 0 Å². The minimum Gasteiger partial charge on any atom is -0.463 e. The average Bonchev–Trinajstić information content (AvgIpc) is 0.932. The van der Waals surface area contributed by atoms with E-state index in [0.717, 1.165) is 96.7 Å². The maximum atomic E-state index is 15.0. The number of nitrogens with one attached hydrogen (secondary N) is 10. The van der Waals surface area contributed by atoms with Crippen molar-refractivity contribution in [3.8, 4) is 0 Å². The number of carbonyl (C=O) groups excluding carboxylic acids is 6. The van der Waals surface area contributed by atoms with E-state index in [1.165, 1.54) is 83.1 Å². The van der Waals surface area contributed by atoms with Gasteiger partial charge in [-0.3, -0.25) is 28.8 Å². The van der Waals surface area contributed by atoms with Crippen LogP contribution in [0.2, 0.25) is 0 Å². The summed E-state index contributed by atoms with van der Waals surface area (Å²) in [6.45, 7) is 49.2. The lowest BCUT2D eigenvalue weighted by Gasteiger charge is -2.64. The molecule has 4 aliphatic rings. The zero-order valence-electron chi connectivity index (χ0n) is 71.8. The van der Waals surface area contributed by atoms with Crippen LogP contribution in [0, 0.1) is 0 Å². The van der Waals surface area contributed by atoms with Gasteiger partial charge in [0.2, 0.25) is 17.6 Å². The van der Waals surface area contributed by atoms with Gasteiger partial charge in [-0.15, -0.1) is 0 Å². The first-order chi connectivity index (χ1) is 52.1. The first-order valence-corrected chi connectivity index (χ1v) is 39.2. The number of hydrogen-bond donors (Lipinski definition) is 14. The van der Waals surface area contributed by atoms with Crippen molar-refractivity contribution in [2.24, 2.45) is 0 Å². The number of aromatic nitrogens is 8. The predicted octanol–water partition coefficient (Wildman–Crippen LogP) is 11.6. The quantitative estimate of drug-likeness (QED) is 0.0399. The summed E-state index contributed by atoms with van der Waals surface area (Å²) in [5, 5.41) is 50.5. The molecule has 14 N–H and O–H groups in total. The van der Waals surface area contributed by atoms with E-state index in [0.29, 0.717) is 5.56 Å². The van der Waals surface area contributed by atoms with Gasteiger partial charge in [0, 0.05) is 169 Å². The third kappa shape index (κ3) is 13.5. The van der Waals surface area contributed by atoms with Gasteiger partial charge in [-0.2, -0.15) is 0 Å². The molecule has 0 aliphatic carbocycles. The maximum absolute atomic E-state index is 15.0. The fourth-order valence-electron chi connectivity index (χ4n) is 17.9. The minimum atomic E-state index is -2.15. The summed E-state index contributed by atoms with van der Waals surface area (Å²) in [7, 11) is 0. The highest BCUT2D eigenvalue weighted by molar-refractivity contribution is 5.82. The van der Waals surface area contributed by atoms with Gasteiger partial charge in [0.15, 0.2) is 17.0 Å². The molecule has 0 spiro atoms. The van der Waals surface area contributed by atoms with E-state index in [1.54, 1.807) is 0 Å². The Morgan fingerprint density at radius 3 is 0.947 bits per heavy atom. The molecule has 12 heterocycles. The molecule has 8 aromatic heterocycles. The second-order valence-corrected chi connectivity index (χ2v) is 37.8. The molecule has 114 heavy (non-hydrogen) atoms. The predicted molar refractivity (Wildman–Crippen MR) is 430 cm³/mol. The van der Waals surface area contributed by atoms with Crippen LogP contribution in [0.1, 0.15) is 296 Å². The van der Waals surface area contributed by atoms with Crippen LogP contribution >= 0.6 is 0 Å². The van der Waals surface area contributed by atoms with Crippen molar-refractivity contribution in [2.75, 3.05) is 13.2 Å². The number of rotatable bonds is 12. The fourth-order valence-corrected chi connectivity index (χ4v) is 17.9. The molecular weight excluding hydrogens is 1450 g/mol. The van der Waals surface area contributed by atoms with Gasteiger partial charge >= 0.3 is 23.9 Å². The Morgan fingerprint density at radius 1 is 0.368 bits per heavy atom. The molecule has 12 rings (SSSR count). The topological polar surface area (TPSA) is 389 Å². The molecule has 620 valence electrons. The van der Waals surface area contributed by atoms with Crippen LogP contribution in [-0.4, -0.2) is 166 Å². The summed E-state index contributed by atoms with van der Waals surface area (Å²) in [6.07, 6.45) is -2.97. The summed E-state index contributed by atoms with van der Waals surface area (Å²) in [6, 6.07) is 29.5. The summed E-state index contributed by atoms with van der Waals surface area (Å²) < 4.78 is 35.5. The molecule has 26 nitrogen and oxygen atoms in total. The molecule has 2 amide bonds. The van der Waals surface area contributed by atoms with E-state index in [2.05, 4.69) is 234 Å². The van der Waals surface area contributed by atoms with Crippen LogP contribution in [-0.2, 0) is 113 Å². The lowest BCUT2D eigenvalue weighted by Crippen LogP contribution is -2.87. The molecule has 4 unspecified atom stereocenters. The Kier molecular flexibility index (Phi) is 20.9. The number of ether oxygens (including phenoxy) is 6. The van der Waals surface area contributed by atoms with Crippen LogP contribution in [0.3, 0.4) is 0 Å². The minimum absolute atomic E-state index is 0.105. The number of aliphatic hydroxyl groups excluding tert-OH is 1. The van der Waals surface area contributed by atoms with Gasteiger partial charge in [-0.05, 0) is 255 Å². The average molecular weight is 1580 g/mol. The second-order valence-electron chi connectivity index (χ2n) is 37.8. The molecule has 4 aliphatic heterocycles. The Hall–Kier alpha value is -9.18. The lowest BCUT2D eigenvalue weighted by molar-refractivity contribution is -0.387. The highest BCUT2D eigenvalue weighted by Crippen LogP contribution is 2.55. The molecule has 2 fully saturated rings. The molecule has 26 heteroatoms. The summed E-state index contributed by atoms with van der Waals surface area (Å²) in [5.41, 5.74) is 1.12. The molecule has 16 bridgehead atoms. The SMILES string of the molecule is CC(=O)OCC1O[C@](C)(OC(C)=O)C(C)(NC(=O)Cc2cc3[nH]c2C(C)(C)c2ccc([nH]2)C(C)(C)c2ccc([nH]2)C(C)(C)c2ccc([nH]2)C3(C)C)[C@@](C)(OC(C)=O)[C@]1(C)OC(C)=O.CC1(C)c2ccc([nH]2)C(C)(C)c2ccc([nH]2)C(C)(C)c2[nH]c(cc2CC(=O)NC2(C)[C@](C)(O)[C@](C)(O)C(CO)O[C@@]2(C)O)C(C)(C)c2ccc1[nH]2. The van der Waals surface area contributed by atoms with Crippen molar-refractivity contribution < 1.29 is 77.6 Å². The van der Waals surface area contributed by atoms with E-state index in [9.17, 15) is 44.4 Å². The molecule has 10 atom stereocenters. The standard InChI is InChI=1S/C48H65N5O10.C40H57N5O6/c1-26(54)59-25-38-45(13,60-27(2)55)47(15,61-28(3)56)46(14,48(16,63-38)62-29(4)57)53-39(58)24-30-23-37-43(9,10)35-20-19-33(50-35)41(5,6)31-17-18-32(49-31)42(7,8)34-21-22-36(51-34)44(11,12)40(30)52-37;1-33(2)23-13-14-24(41-23)34(3,4)26-17-18-28(43-26)36(7,8)32-22(19-29(44-32)35(5,6)27-16-15-25(33)42-27)20-31(47)45-38(10)39(11,49)37(9,48)30(21-46)51-40(38,12)50/h17-23,38,49-52H,24-25H2,1-16H3,(H,53,58);13-19,30,41-44,46,48-50H,20-21H2,1-12H3,(H,45,47)/t38?,45-,46?,47+,48+;30?,37-,38?,39-,40-/m11/s1. The Balaban J connectivity index is 0.000000230. The molecule has 0 radical (unpaired) electrons. The smallest absolute Gasteiger partial charge is 0.305 e. The molecule has 2 saturated heterocycles. The van der Waals surface area contributed by atoms with E-state index in [1.807, 2.05) is 12.1 Å². The van der Waals surface area contributed by atoms with Gasteiger partial charge in [0.05, 0.1) is 19.4 Å². The third-order valence-corrected chi connectivity index (χ3v) is 27.4. The van der Waals surface area contributed by atoms with Crippen LogP contribution in [0.4, 0.5) is 0 Å². The molecular formula is C88H122N10O16. The van der Waals surface area contributed by atoms with Gasteiger partial charge in [0.25, 0.3) is 0 Å². The number of hydrogen-bond acceptors (Lipinski definition) is 16. The van der Waals surface area contributed by atoms with Gasteiger partial charge in [-0.25, -0.2) is 0 Å². The first-order valence-electron chi connectivity index (χ1n) is 39.2. The monoisotopic (exact) mass is 1570 g/mol. The van der Waals surface area contributed by atoms with Crippen molar-refractivity contribution >= 4 is 35.7 Å². The Labute approximate surface area is 668 Å². The van der Waals surface area contributed by atoms with Crippen LogP contribution in [0.15, 0.2) is 84.9 Å². The van der Waals surface area contributed by atoms with Crippen LogP contribution < -0.4 is 10.6 Å². The van der Waals surface area contributed by atoms with Crippen molar-refractivity contribution in [1.29, 1.82) is 0 Å². The number of amides is 2. The Morgan fingerprint density at radius 2 is 0.658 bits per heavy atom. The zero-order valence-corrected chi connectivity index (χ0v) is 71.8. The Bertz CT molecular complexity index is 5040. The number of fused-ring (bicyclic) bond motifs is 16. The summed E-state index contributed by atoms with van der Waals surface area (Å²) in [4.78, 5) is 110. The number of aromatic amines is 8. The largest absolute Gasteiger partial charge is 0.463 e. The van der Waals surface area contributed by atoms with Crippen molar-refractivity contribution in [3.63, 3.8) is 0 Å². The molecule has 8 aromatic rings. The van der Waals surface area contributed by atoms with Gasteiger partial charge < -0.3 is 99.4 Å². The number of H-pyrrole nitrogens is 8. The number of carbonyl (C=O) groups is 6. The van der Waals surface area contributed by atoms with Crippen molar-refractivity contribution in [2.45, 2.75) is 307 Å². The van der Waals surface area contributed by atoms with E-state index in [-0.39, 0.29) is 29.1 Å².